The topological polar surface area (TPSA) is 265 Å². The number of hydrogen-bond donors (Lipinski definition) is 0. The number of para-hydroxylation sites is 5. The summed E-state index contributed by atoms with van der Waals surface area (Å²) in [5.74, 6) is -6.22. The van der Waals surface area contributed by atoms with Crippen molar-refractivity contribution in [2.45, 2.75) is 0 Å². The SMILES string of the molecule is O=C([O-])c1ccc2ccccc2n1.O=C([O-])c1ccc2ccccc2n1.O=C([O-])c1ccc2ccccc2n1.O=C([O-])c1ccc2ccccc2n1.O=C([O-])c1ccc2ccccc2n1.[Nb+5]. The fourth-order valence-electron chi connectivity index (χ4n) is 5.90. The minimum atomic E-state index is -1.24. The van der Waals surface area contributed by atoms with Gasteiger partial charge in [0.1, 0.15) is 0 Å². The molecule has 10 rings (SSSR count). The van der Waals surface area contributed by atoms with Crippen LogP contribution in [0.5, 0.6) is 0 Å². The molecule has 5 aromatic heterocycles. The molecule has 0 saturated heterocycles. The monoisotopic (exact) mass is 953 g/mol. The van der Waals surface area contributed by atoms with Gasteiger partial charge in [0.25, 0.3) is 0 Å². The molecule has 5 aromatic carbocycles. The number of carboxylic acids is 5. The zero-order valence-corrected chi connectivity index (χ0v) is 36.3. The normalized spacial score (nSPS) is 10.0. The maximum Gasteiger partial charge on any atom is 5.00 e. The number of carbonyl (C=O) groups excluding carboxylic acids is 5. The molecule has 0 atom stereocenters. The van der Waals surface area contributed by atoms with Gasteiger partial charge >= 0.3 is 22.4 Å². The Balaban J connectivity index is 0.000000154. The molecule has 10 aromatic rings. The quantitative estimate of drug-likeness (QED) is 0.225. The molecule has 320 valence electrons. The molecular formula is C50H30N5NbO10. The number of aromatic carboxylic acids is 5. The van der Waals surface area contributed by atoms with E-state index in [1.54, 1.807) is 60.7 Å². The fraction of sp³-hybridized carbons (Fsp3) is 0. The van der Waals surface area contributed by atoms with E-state index in [4.69, 9.17) is 0 Å². The first-order chi connectivity index (χ1) is 31.4. The Kier molecular flexibility index (Phi) is 16.9. The summed E-state index contributed by atoms with van der Waals surface area (Å²) in [4.78, 5) is 71.9. The Morgan fingerprint density at radius 3 is 0.545 bits per heavy atom. The first-order valence-corrected chi connectivity index (χ1v) is 19.2. The predicted octanol–water partition coefficient (Wildman–Crippen LogP) is 2.99. The summed E-state index contributed by atoms with van der Waals surface area (Å²) >= 11 is 0. The van der Waals surface area contributed by atoms with Crippen molar-refractivity contribution in [2.75, 3.05) is 0 Å². The van der Waals surface area contributed by atoms with Crippen LogP contribution in [0.15, 0.2) is 182 Å². The van der Waals surface area contributed by atoms with Crippen LogP contribution in [-0.4, -0.2) is 54.8 Å². The van der Waals surface area contributed by atoms with Gasteiger partial charge in [0, 0.05) is 26.9 Å². The van der Waals surface area contributed by atoms with Gasteiger partial charge in [-0.15, -0.1) is 0 Å². The molecule has 5 heterocycles. The van der Waals surface area contributed by atoms with Crippen molar-refractivity contribution in [1.29, 1.82) is 0 Å². The standard InChI is InChI=1S/5C10H7NO2.Nb/c5*12-10(13)9-6-5-7-3-1-2-4-8(7)11-9;/h5*1-6H,(H,12,13);/q;;;;;+5/p-5. The summed E-state index contributed by atoms with van der Waals surface area (Å²) in [5, 5.41) is 57.0. The molecule has 15 nitrogen and oxygen atoms in total. The average molecular weight is 954 g/mol. The summed E-state index contributed by atoms with van der Waals surface area (Å²) < 4.78 is 0. The van der Waals surface area contributed by atoms with E-state index in [0.717, 1.165) is 26.9 Å². The van der Waals surface area contributed by atoms with E-state index in [-0.39, 0.29) is 50.8 Å². The van der Waals surface area contributed by atoms with Crippen molar-refractivity contribution in [3.8, 4) is 0 Å². The molecule has 0 aliphatic rings. The number of carboxylic acid groups (broad SMARTS) is 5. The Morgan fingerprint density at radius 2 is 0.394 bits per heavy atom. The van der Waals surface area contributed by atoms with E-state index in [1.807, 2.05) is 91.0 Å². The van der Waals surface area contributed by atoms with Gasteiger partial charge < -0.3 is 49.5 Å². The second-order valence-electron chi connectivity index (χ2n) is 13.4. The number of rotatable bonds is 5. The molecule has 0 bridgehead atoms. The number of carbonyl (C=O) groups is 5. The van der Waals surface area contributed by atoms with Crippen molar-refractivity contribution in [2.24, 2.45) is 0 Å². The Hall–Kier alpha value is -8.76. The van der Waals surface area contributed by atoms with E-state index in [0.29, 0.717) is 27.6 Å². The first-order valence-electron chi connectivity index (χ1n) is 19.2. The summed E-state index contributed by atoms with van der Waals surface area (Å²) in [6.07, 6.45) is 0. The summed E-state index contributed by atoms with van der Waals surface area (Å²) in [6, 6.07) is 52.5. The van der Waals surface area contributed by atoms with Gasteiger partial charge in [-0.05, 0) is 60.7 Å². The molecule has 0 radical (unpaired) electrons. The number of pyridine rings is 5. The average Bonchev–Trinajstić information content (AvgIpc) is 3.34. The van der Waals surface area contributed by atoms with E-state index < -0.39 is 29.8 Å². The molecule has 0 aliphatic heterocycles. The number of aromatic nitrogens is 5. The fourth-order valence-corrected chi connectivity index (χ4v) is 5.90. The maximum atomic E-state index is 10.5. The Labute approximate surface area is 389 Å². The number of hydrogen-bond acceptors (Lipinski definition) is 15. The van der Waals surface area contributed by atoms with Crippen LogP contribution in [0.25, 0.3) is 54.5 Å². The second-order valence-corrected chi connectivity index (χ2v) is 13.4. The van der Waals surface area contributed by atoms with Gasteiger partial charge in [-0.25, -0.2) is 24.9 Å². The van der Waals surface area contributed by atoms with Gasteiger partial charge in [-0.2, -0.15) is 0 Å². The second kappa shape index (κ2) is 23.1. The van der Waals surface area contributed by atoms with Crippen LogP contribution in [0, 0.1) is 0 Å². The van der Waals surface area contributed by atoms with Gasteiger partial charge in [-0.3, -0.25) is 0 Å². The first kappa shape index (κ1) is 48.3. The summed E-state index contributed by atoms with van der Waals surface area (Å²) in [7, 11) is 0. The molecule has 0 unspecified atom stereocenters. The van der Waals surface area contributed by atoms with Crippen LogP contribution in [0.1, 0.15) is 52.4 Å². The Morgan fingerprint density at radius 1 is 0.242 bits per heavy atom. The predicted molar refractivity (Wildman–Crippen MR) is 230 cm³/mol. The Bertz CT molecular complexity index is 2850. The molecule has 0 amide bonds. The minimum absolute atomic E-state index is 0. The van der Waals surface area contributed by atoms with Crippen molar-refractivity contribution < 1.29 is 71.9 Å². The maximum absolute atomic E-state index is 10.5. The molecule has 16 heteroatoms. The van der Waals surface area contributed by atoms with Crippen LogP contribution in [0.3, 0.4) is 0 Å². The smallest absolute Gasteiger partial charge is 0.543 e. The van der Waals surface area contributed by atoms with Gasteiger partial charge in [-0.1, -0.05) is 121 Å². The van der Waals surface area contributed by atoms with E-state index in [1.165, 1.54) is 30.3 Å². The number of nitrogens with zero attached hydrogens (tertiary/aromatic N) is 5. The zero-order valence-electron chi connectivity index (χ0n) is 34.1. The van der Waals surface area contributed by atoms with Gasteiger partial charge in [0.05, 0.1) is 85.9 Å². The third-order valence-corrected chi connectivity index (χ3v) is 9.04. The van der Waals surface area contributed by atoms with Crippen LogP contribution in [0.4, 0.5) is 0 Å². The third kappa shape index (κ3) is 13.1. The largest absolute Gasteiger partial charge is 5.00 e. The zero-order chi connectivity index (χ0) is 46.3. The van der Waals surface area contributed by atoms with Crippen molar-refractivity contribution in [3.63, 3.8) is 0 Å². The van der Waals surface area contributed by atoms with Crippen LogP contribution in [-0.2, 0) is 22.4 Å². The van der Waals surface area contributed by atoms with Crippen molar-refractivity contribution >= 4 is 84.4 Å². The van der Waals surface area contributed by atoms with Crippen LogP contribution in [0.2, 0.25) is 0 Å². The molecular weight excluding hydrogens is 923 g/mol. The van der Waals surface area contributed by atoms with Crippen molar-refractivity contribution in [3.05, 3.63) is 210 Å². The third-order valence-electron chi connectivity index (χ3n) is 9.04. The number of benzene rings is 5. The molecule has 0 aliphatic carbocycles. The summed E-state index contributed by atoms with van der Waals surface area (Å²) in [6.45, 7) is 0. The molecule has 0 saturated carbocycles. The van der Waals surface area contributed by atoms with Crippen LogP contribution >= 0.6 is 0 Å². The number of fused-ring (bicyclic) bond motifs is 5. The van der Waals surface area contributed by atoms with Gasteiger partial charge in [0.15, 0.2) is 0 Å². The van der Waals surface area contributed by atoms with E-state index >= 15 is 0 Å². The van der Waals surface area contributed by atoms with E-state index in [2.05, 4.69) is 24.9 Å². The molecule has 0 spiro atoms. The van der Waals surface area contributed by atoms with E-state index in [9.17, 15) is 49.5 Å². The van der Waals surface area contributed by atoms with Gasteiger partial charge in [0.2, 0.25) is 0 Å². The molecule has 0 fully saturated rings. The molecule has 0 N–H and O–H groups in total. The van der Waals surface area contributed by atoms with Crippen LogP contribution < -0.4 is 25.5 Å². The summed E-state index contributed by atoms with van der Waals surface area (Å²) in [5.41, 5.74) is 3.21. The minimum Gasteiger partial charge on any atom is -0.543 e. The molecule has 66 heavy (non-hydrogen) atoms. The van der Waals surface area contributed by atoms with Crippen molar-refractivity contribution in [1.82, 2.24) is 24.9 Å².